The molecule has 2 aromatic rings. The number of fused-ring (bicyclic) bond motifs is 2. The molecular weight excluding hydrogens is 620 g/mol. The average Bonchev–Trinajstić information content (AvgIpc) is 3.55. The molecule has 1 aromatic heterocycles. The fraction of sp³-hybridized carbons (Fsp3) is 0.514. The van der Waals surface area contributed by atoms with Crippen LogP contribution in [0.3, 0.4) is 0 Å². The van der Waals surface area contributed by atoms with Crippen molar-refractivity contribution >= 4 is 41.4 Å². The predicted octanol–water partition coefficient (Wildman–Crippen LogP) is 5.25. The fourth-order valence-electron chi connectivity index (χ4n) is 6.91. The summed E-state index contributed by atoms with van der Waals surface area (Å²) in [7, 11) is 0. The van der Waals surface area contributed by atoms with Crippen LogP contribution in [0, 0.1) is 5.92 Å². The molecule has 0 radical (unpaired) electrons. The first-order valence-corrected chi connectivity index (χ1v) is 17.5. The van der Waals surface area contributed by atoms with Gasteiger partial charge in [-0.3, -0.25) is 9.59 Å². The smallest absolute Gasteiger partial charge is 0.408 e. The van der Waals surface area contributed by atoms with Crippen LogP contribution < -0.4 is 10.6 Å². The summed E-state index contributed by atoms with van der Waals surface area (Å²) >= 11 is 1.62. The number of aliphatic carboxylic acids is 1. The van der Waals surface area contributed by atoms with Gasteiger partial charge in [0.2, 0.25) is 11.8 Å². The summed E-state index contributed by atoms with van der Waals surface area (Å²) in [5.74, 6) is -2.40. The molecule has 47 heavy (non-hydrogen) atoms. The van der Waals surface area contributed by atoms with E-state index in [2.05, 4.69) is 15.8 Å². The van der Waals surface area contributed by atoms with Crippen molar-refractivity contribution in [2.75, 3.05) is 6.54 Å². The zero-order valence-electron chi connectivity index (χ0n) is 26.3. The van der Waals surface area contributed by atoms with Crippen LogP contribution >= 0.6 is 11.3 Å². The number of alkyl carbamates (subject to hydrolysis) is 1. The number of carbonyl (C=O) groups excluding carboxylic acids is 3. The van der Waals surface area contributed by atoms with E-state index in [1.165, 1.54) is 4.90 Å². The van der Waals surface area contributed by atoms with Gasteiger partial charge in [-0.2, -0.15) is 0 Å². The lowest BCUT2D eigenvalue weighted by Crippen LogP contribution is -2.56. The molecule has 250 valence electrons. The number of hydrogen-bond acceptors (Lipinski definition) is 8. The van der Waals surface area contributed by atoms with Gasteiger partial charge in [-0.05, 0) is 62.8 Å². The zero-order chi connectivity index (χ0) is 32.8. The highest BCUT2D eigenvalue weighted by atomic mass is 32.1. The van der Waals surface area contributed by atoms with Crippen molar-refractivity contribution in [3.8, 4) is 10.4 Å². The molecule has 2 aliphatic carbocycles. The summed E-state index contributed by atoms with van der Waals surface area (Å²) in [6.07, 6.45) is 11.6. The van der Waals surface area contributed by atoms with Gasteiger partial charge in [0, 0.05) is 28.3 Å². The van der Waals surface area contributed by atoms with Crippen LogP contribution in [0.15, 0.2) is 59.1 Å². The number of benzene rings is 1. The van der Waals surface area contributed by atoms with Crippen molar-refractivity contribution in [2.45, 2.75) is 100 Å². The predicted molar refractivity (Wildman–Crippen MR) is 177 cm³/mol. The molecule has 1 unspecified atom stereocenters. The summed E-state index contributed by atoms with van der Waals surface area (Å²) in [5.41, 5.74) is 0.458. The van der Waals surface area contributed by atoms with Gasteiger partial charge < -0.3 is 30.2 Å². The minimum atomic E-state index is -1.41. The number of thiophene rings is 1. The van der Waals surface area contributed by atoms with E-state index in [0.717, 1.165) is 60.9 Å². The van der Waals surface area contributed by atoms with E-state index in [4.69, 9.17) is 9.57 Å². The van der Waals surface area contributed by atoms with Crippen LogP contribution in [0.5, 0.6) is 0 Å². The Hall–Kier alpha value is -4.19. The monoisotopic (exact) mass is 662 g/mol. The summed E-state index contributed by atoms with van der Waals surface area (Å²) in [6.45, 7) is 0.0556. The Labute approximate surface area is 278 Å². The molecule has 3 fully saturated rings. The quantitative estimate of drug-likeness (QED) is 0.209. The molecule has 2 saturated carbocycles. The lowest BCUT2D eigenvalue weighted by molar-refractivity contribution is -0.145. The number of nitrogens with zero attached hydrogens (tertiary/aromatic N) is 2. The Kier molecular flexibility index (Phi) is 10.2. The van der Waals surface area contributed by atoms with Gasteiger partial charge in [0.05, 0.1) is 12.8 Å². The molecule has 0 bridgehead atoms. The van der Waals surface area contributed by atoms with Gasteiger partial charge in [0.25, 0.3) is 0 Å². The first kappa shape index (κ1) is 32.7. The normalized spacial score (nSPS) is 29.2. The molecule has 1 aromatic carbocycles. The maximum absolute atomic E-state index is 14.2. The SMILES string of the molecule is O=C(N[C@H]1CCCCC/C=C\C2C[C@@]2(C(=O)O)NC(=O)[C@@H]2C[C@@H](O/N=C/c3ccccc3-c3cccs3)CN2C1=O)OC1CCCC1. The van der Waals surface area contributed by atoms with Crippen LogP contribution in [0.4, 0.5) is 4.79 Å². The highest BCUT2D eigenvalue weighted by Gasteiger charge is 2.61. The number of carboxylic acids is 1. The van der Waals surface area contributed by atoms with Gasteiger partial charge in [-0.15, -0.1) is 11.3 Å². The Morgan fingerprint density at radius 1 is 1.04 bits per heavy atom. The van der Waals surface area contributed by atoms with Gasteiger partial charge >= 0.3 is 12.1 Å². The molecule has 6 rings (SSSR count). The number of carbonyl (C=O) groups is 4. The molecule has 0 spiro atoms. The fourth-order valence-corrected chi connectivity index (χ4v) is 7.68. The van der Waals surface area contributed by atoms with E-state index in [0.29, 0.717) is 12.8 Å². The third kappa shape index (κ3) is 7.69. The number of oxime groups is 1. The van der Waals surface area contributed by atoms with E-state index < -0.39 is 47.6 Å². The van der Waals surface area contributed by atoms with Crippen molar-refractivity contribution in [1.29, 1.82) is 0 Å². The van der Waals surface area contributed by atoms with Gasteiger partial charge in [0.1, 0.15) is 29.8 Å². The molecule has 3 heterocycles. The summed E-state index contributed by atoms with van der Waals surface area (Å²) in [5, 5.41) is 21.9. The lowest BCUT2D eigenvalue weighted by atomic mass is 10.0. The third-order valence-corrected chi connectivity index (χ3v) is 10.5. The number of hydrogen-bond donors (Lipinski definition) is 3. The standard InChI is InChI=1S/C35H42N4O7S/c40-31-29-19-26(46-36-21-23-11-6-9-15-27(23)30-17-10-18-47-30)22-39(29)32(41)28(37-34(44)45-25-13-7-8-14-25)16-5-3-1-2-4-12-24-20-35(24,38-31)33(42)43/h4,6,9-12,15,17-18,21,24-26,28-29H,1-3,5,7-8,13-14,16,19-20,22H2,(H,37,44)(H,38,40)(H,42,43)/b12-4-,36-21+/t24?,26-,28+,29+,35-/m1/s1. The second-order valence-electron chi connectivity index (χ2n) is 12.9. The molecule has 3 amide bonds. The van der Waals surface area contributed by atoms with Crippen molar-refractivity contribution in [3.63, 3.8) is 0 Å². The molecule has 3 N–H and O–H groups in total. The van der Waals surface area contributed by atoms with Crippen LogP contribution in [0.25, 0.3) is 10.4 Å². The number of ether oxygens (including phenoxy) is 1. The molecule has 1 saturated heterocycles. The third-order valence-electron chi connectivity index (χ3n) is 9.64. The Morgan fingerprint density at radius 3 is 2.64 bits per heavy atom. The van der Waals surface area contributed by atoms with Crippen LogP contribution in [0.2, 0.25) is 0 Å². The molecule has 11 nitrogen and oxygen atoms in total. The summed E-state index contributed by atoms with van der Waals surface area (Å²) in [4.78, 5) is 61.6. The van der Waals surface area contributed by atoms with Crippen LogP contribution in [-0.4, -0.2) is 76.5 Å². The van der Waals surface area contributed by atoms with Gasteiger partial charge in [0.15, 0.2) is 0 Å². The van der Waals surface area contributed by atoms with Crippen molar-refractivity contribution in [3.05, 3.63) is 59.5 Å². The molecular formula is C35H42N4O7S. The Bertz CT molecular complexity index is 1500. The number of rotatable bonds is 7. The second kappa shape index (κ2) is 14.7. The zero-order valence-corrected chi connectivity index (χ0v) is 27.2. The van der Waals surface area contributed by atoms with Crippen molar-refractivity contribution < 1.29 is 33.9 Å². The Balaban J connectivity index is 1.22. The molecule has 5 atom stereocenters. The van der Waals surface area contributed by atoms with Crippen LogP contribution in [0.1, 0.15) is 76.2 Å². The summed E-state index contributed by atoms with van der Waals surface area (Å²) in [6, 6.07) is 9.93. The molecule has 12 heteroatoms. The highest BCUT2D eigenvalue weighted by Crippen LogP contribution is 2.45. The van der Waals surface area contributed by atoms with Crippen molar-refractivity contribution in [2.24, 2.45) is 11.1 Å². The second-order valence-corrected chi connectivity index (χ2v) is 13.9. The van der Waals surface area contributed by atoms with Gasteiger partial charge in [-0.25, -0.2) is 9.59 Å². The summed E-state index contributed by atoms with van der Waals surface area (Å²) < 4.78 is 5.61. The van der Waals surface area contributed by atoms with E-state index >= 15 is 0 Å². The maximum atomic E-state index is 14.2. The number of carboxylic acid groups (broad SMARTS) is 1. The van der Waals surface area contributed by atoms with E-state index in [1.54, 1.807) is 17.6 Å². The number of allylic oxidation sites excluding steroid dienone is 1. The first-order chi connectivity index (χ1) is 22.8. The van der Waals surface area contributed by atoms with Crippen molar-refractivity contribution in [1.82, 2.24) is 15.5 Å². The van der Waals surface area contributed by atoms with Gasteiger partial charge in [-0.1, -0.05) is 60.5 Å². The van der Waals surface area contributed by atoms with Crippen LogP contribution in [-0.2, 0) is 24.0 Å². The van der Waals surface area contributed by atoms with E-state index in [1.807, 2.05) is 53.9 Å². The maximum Gasteiger partial charge on any atom is 0.408 e. The van der Waals surface area contributed by atoms with E-state index in [-0.39, 0.29) is 31.4 Å². The molecule has 2 aliphatic heterocycles. The number of amides is 3. The highest BCUT2D eigenvalue weighted by molar-refractivity contribution is 7.13. The minimum absolute atomic E-state index is 0.0556. The average molecular weight is 663 g/mol. The minimum Gasteiger partial charge on any atom is -0.479 e. The number of nitrogens with one attached hydrogen (secondary N) is 2. The van der Waals surface area contributed by atoms with E-state index in [9.17, 15) is 24.3 Å². The first-order valence-electron chi connectivity index (χ1n) is 16.7. The molecule has 4 aliphatic rings. The largest absolute Gasteiger partial charge is 0.479 e. The lowest BCUT2D eigenvalue weighted by Gasteiger charge is -2.29. The Morgan fingerprint density at radius 2 is 1.85 bits per heavy atom. The topological polar surface area (TPSA) is 147 Å².